The number of H-pyrrole nitrogens is 1. The largest absolute Gasteiger partial charge is 0.390 e. The molecule has 3 aromatic rings. The first-order chi connectivity index (χ1) is 16.9. The fourth-order valence-corrected chi connectivity index (χ4v) is 6.24. The van der Waals surface area contributed by atoms with E-state index >= 15 is 0 Å². The molecule has 1 aliphatic rings. The Morgan fingerprint density at radius 1 is 1.31 bits per heavy atom. The Kier molecular flexibility index (Phi) is 8.35. The summed E-state index contributed by atoms with van der Waals surface area (Å²) in [4.78, 5) is 2.43. The van der Waals surface area contributed by atoms with Crippen molar-refractivity contribution < 1.29 is 13.5 Å². The third-order valence-corrected chi connectivity index (χ3v) is 8.00. The van der Waals surface area contributed by atoms with Gasteiger partial charge in [0, 0.05) is 55.7 Å². The van der Waals surface area contributed by atoms with Gasteiger partial charge < -0.3 is 15.7 Å². The molecule has 0 saturated carbocycles. The Morgan fingerprint density at radius 3 is 2.74 bits per heavy atom. The number of anilines is 1. The second-order valence-corrected chi connectivity index (χ2v) is 10.8. The van der Waals surface area contributed by atoms with Crippen LogP contribution >= 0.6 is 11.9 Å². The van der Waals surface area contributed by atoms with E-state index in [1.165, 1.54) is 0 Å². The Labute approximate surface area is 207 Å². The van der Waals surface area contributed by atoms with E-state index in [9.17, 15) is 13.5 Å². The molecule has 13 nitrogen and oxygen atoms in total. The fourth-order valence-electron chi connectivity index (χ4n) is 4.17. The Balaban J connectivity index is 1.58. The number of primary sulfonamides is 1. The minimum Gasteiger partial charge on any atom is -0.390 e. The van der Waals surface area contributed by atoms with Crippen LogP contribution in [0.15, 0.2) is 40.4 Å². The van der Waals surface area contributed by atoms with Gasteiger partial charge >= 0.3 is 0 Å². The molecular formula is C20H30N10O3S2. The summed E-state index contributed by atoms with van der Waals surface area (Å²) in [6.07, 6.45) is 5.95. The molecule has 7 N–H and O–H groups in total. The lowest BCUT2D eigenvalue weighted by atomic mass is 9.93. The molecule has 0 bridgehead atoms. The number of aryl methyl sites for hydroxylation is 1. The molecule has 4 rings (SSSR count). The van der Waals surface area contributed by atoms with Gasteiger partial charge in [0.1, 0.15) is 4.90 Å². The van der Waals surface area contributed by atoms with Gasteiger partial charge in [0.15, 0.2) is 0 Å². The number of aliphatic hydroxyl groups is 1. The van der Waals surface area contributed by atoms with Crippen molar-refractivity contribution in [1.29, 1.82) is 0 Å². The minimum atomic E-state index is -4.16. The molecule has 0 unspecified atom stereocenters. The Bertz CT molecular complexity index is 1180. The van der Waals surface area contributed by atoms with Gasteiger partial charge in [-0.15, -0.1) is 10.2 Å². The van der Waals surface area contributed by atoms with Gasteiger partial charge in [-0.2, -0.15) is 10.3 Å². The van der Waals surface area contributed by atoms with Crippen LogP contribution in [-0.4, -0.2) is 76.2 Å². The summed E-state index contributed by atoms with van der Waals surface area (Å²) in [7, 11) is -4.16. The van der Waals surface area contributed by atoms with Crippen molar-refractivity contribution in [1.82, 2.24) is 35.1 Å². The number of aliphatic hydroxyl groups excluding tert-OH is 1. The van der Waals surface area contributed by atoms with Crippen LogP contribution in [0, 0.1) is 5.92 Å². The molecule has 1 atom stereocenters. The highest BCUT2D eigenvalue weighted by atomic mass is 32.2. The molecule has 1 saturated heterocycles. The Hall–Kier alpha value is -2.56. The Morgan fingerprint density at radius 2 is 2.11 bits per heavy atom. The lowest BCUT2D eigenvalue weighted by Gasteiger charge is -2.35. The molecule has 190 valence electrons. The number of hydrogen-bond donors (Lipinski definition) is 5. The molecule has 35 heavy (non-hydrogen) atoms. The van der Waals surface area contributed by atoms with E-state index in [1.807, 2.05) is 23.0 Å². The average molecular weight is 523 g/mol. The van der Waals surface area contributed by atoms with E-state index < -0.39 is 16.1 Å². The molecule has 1 aliphatic heterocycles. The van der Waals surface area contributed by atoms with Crippen LogP contribution in [0.3, 0.4) is 0 Å². The molecule has 0 aliphatic carbocycles. The molecule has 1 aromatic carbocycles. The fraction of sp³-hybridized carbons (Fsp3) is 0.500. The van der Waals surface area contributed by atoms with E-state index in [0.29, 0.717) is 22.1 Å². The molecule has 2 aromatic heterocycles. The van der Waals surface area contributed by atoms with Crippen LogP contribution in [-0.2, 0) is 16.6 Å². The van der Waals surface area contributed by atoms with Gasteiger partial charge in [0.2, 0.25) is 15.8 Å². The second-order valence-electron chi connectivity index (χ2n) is 8.40. The highest BCUT2D eigenvalue weighted by Crippen LogP contribution is 2.40. The first kappa shape index (κ1) is 25.5. The van der Waals surface area contributed by atoms with Gasteiger partial charge in [-0.05, 0) is 60.5 Å². The van der Waals surface area contributed by atoms with E-state index in [4.69, 9.17) is 10.9 Å². The molecule has 3 heterocycles. The summed E-state index contributed by atoms with van der Waals surface area (Å²) in [5, 5.41) is 33.8. The number of nitrogens with two attached hydrogens (primary N) is 2. The second kappa shape index (κ2) is 11.5. The van der Waals surface area contributed by atoms with Crippen LogP contribution in [0.5, 0.6) is 0 Å². The zero-order valence-electron chi connectivity index (χ0n) is 19.1. The third kappa shape index (κ3) is 6.36. The maximum Gasteiger partial charge on any atom is 0.240 e. The van der Waals surface area contributed by atoms with Crippen LogP contribution in [0.25, 0.3) is 11.4 Å². The molecule has 1 fully saturated rings. The highest BCUT2D eigenvalue weighted by Gasteiger charge is 2.30. The number of sulfonamides is 1. The van der Waals surface area contributed by atoms with Crippen LogP contribution in [0.1, 0.15) is 19.3 Å². The first-order valence-electron chi connectivity index (χ1n) is 11.3. The minimum absolute atomic E-state index is 0.0839. The topological polar surface area (TPSA) is 194 Å². The van der Waals surface area contributed by atoms with E-state index in [0.717, 1.165) is 50.8 Å². The molecular weight excluding hydrogens is 492 g/mol. The normalized spacial score (nSPS) is 16.0. The van der Waals surface area contributed by atoms with Crippen LogP contribution < -0.4 is 20.5 Å². The van der Waals surface area contributed by atoms with Crippen molar-refractivity contribution in [2.24, 2.45) is 16.8 Å². The van der Waals surface area contributed by atoms with Gasteiger partial charge in [-0.1, -0.05) is 0 Å². The van der Waals surface area contributed by atoms with E-state index in [-0.39, 0.29) is 23.8 Å². The number of aromatic amines is 1. The van der Waals surface area contributed by atoms with Crippen molar-refractivity contribution in [3.05, 3.63) is 30.6 Å². The maximum atomic E-state index is 12.8. The van der Waals surface area contributed by atoms with Crippen LogP contribution in [0.2, 0.25) is 0 Å². The predicted molar refractivity (Wildman–Crippen MR) is 132 cm³/mol. The smallest absolute Gasteiger partial charge is 0.240 e. The predicted octanol–water partition coefficient (Wildman–Crippen LogP) is -0.0664. The number of tetrazole rings is 1. The number of piperidine rings is 1. The van der Waals surface area contributed by atoms with Crippen molar-refractivity contribution >= 4 is 27.7 Å². The van der Waals surface area contributed by atoms with Crippen molar-refractivity contribution in [2.75, 3.05) is 31.1 Å². The van der Waals surface area contributed by atoms with Crippen molar-refractivity contribution in [3.63, 3.8) is 0 Å². The van der Waals surface area contributed by atoms with Gasteiger partial charge in [0.25, 0.3) is 0 Å². The SMILES string of the molecule is NC[C@@H](O)CNSc1ccc(N2CCC(CCn3cccn3)CC2)c(-c2nn[nH]n2)c1S(N)(=O)=O. The summed E-state index contributed by atoms with van der Waals surface area (Å²) < 4.78 is 30.4. The van der Waals surface area contributed by atoms with Gasteiger partial charge in [-0.3, -0.25) is 9.40 Å². The summed E-state index contributed by atoms with van der Waals surface area (Å²) in [5.41, 5.74) is 6.44. The average Bonchev–Trinajstić information content (AvgIpc) is 3.56. The zero-order valence-corrected chi connectivity index (χ0v) is 20.7. The number of nitrogens with zero attached hydrogens (tertiary/aromatic N) is 6. The summed E-state index contributed by atoms with van der Waals surface area (Å²) in [6.45, 7) is 2.65. The van der Waals surface area contributed by atoms with Gasteiger partial charge in [0.05, 0.1) is 11.7 Å². The van der Waals surface area contributed by atoms with Crippen molar-refractivity contribution in [3.8, 4) is 11.4 Å². The maximum absolute atomic E-state index is 12.8. The molecule has 0 spiro atoms. The molecule has 15 heteroatoms. The number of aromatic nitrogens is 6. The van der Waals surface area contributed by atoms with Crippen molar-refractivity contribution in [2.45, 2.75) is 41.7 Å². The lowest BCUT2D eigenvalue weighted by Crippen LogP contribution is -2.35. The highest BCUT2D eigenvalue weighted by molar-refractivity contribution is 7.98. The lowest BCUT2D eigenvalue weighted by molar-refractivity contribution is 0.188. The number of benzene rings is 1. The first-order valence-corrected chi connectivity index (χ1v) is 13.7. The zero-order chi connectivity index (χ0) is 24.8. The monoisotopic (exact) mass is 522 g/mol. The number of rotatable bonds is 11. The van der Waals surface area contributed by atoms with Gasteiger partial charge in [-0.25, -0.2) is 13.6 Å². The molecule has 0 amide bonds. The summed E-state index contributed by atoms with van der Waals surface area (Å²) in [5.74, 6) is 0.698. The quantitative estimate of drug-likeness (QED) is 0.212. The number of nitrogens with one attached hydrogen (secondary N) is 2. The van der Waals surface area contributed by atoms with E-state index in [1.54, 1.807) is 12.3 Å². The standard InChI is InChI=1S/C20H30N10O3S2/c21-12-15(31)13-24-34-17-3-2-16(18(19(17)35(22,32)33)20-25-27-28-26-20)29-9-4-14(5-10-29)6-11-30-8-1-7-23-30/h1-3,7-8,14-15,24,31H,4-6,9-13,21H2,(H2,22,32,33)(H,25,26,27,28)/t15-/m1/s1. The van der Waals surface area contributed by atoms with E-state index in [2.05, 4.69) is 35.3 Å². The summed E-state index contributed by atoms with van der Waals surface area (Å²) >= 11 is 1.05. The third-order valence-electron chi connectivity index (χ3n) is 6.01. The number of hydrogen-bond acceptors (Lipinski definition) is 11. The summed E-state index contributed by atoms with van der Waals surface area (Å²) in [6, 6.07) is 5.48. The molecule has 0 radical (unpaired) electrons. The van der Waals surface area contributed by atoms with Crippen LogP contribution in [0.4, 0.5) is 5.69 Å².